The molecule has 1 saturated carbocycles. The van der Waals surface area contributed by atoms with E-state index in [1.807, 2.05) is 0 Å². The molecule has 0 aromatic carbocycles. The number of anilines is 2. The predicted octanol–water partition coefficient (Wildman–Crippen LogP) is 1.68. The van der Waals surface area contributed by atoms with E-state index >= 15 is 0 Å². The number of nitrogens with two attached hydrogens (primary N) is 1. The molecule has 0 bridgehead atoms. The first-order chi connectivity index (χ1) is 9.74. The molecule has 0 amide bonds. The molecule has 2 unspecified atom stereocenters. The number of hydrogen-bond donors (Lipinski definition) is 4. The molecule has 1 heterocycles. The van der Waals surface area contributed by atoms with Crippen molar-refractivity contribution in [3.05, 3.63) is 11.9 Å². The highest BCUT2D eigenvalue weighted by Gasteiger charge is 2.20. The SMILES string of the molecule is CCCc1c(NN)ncnc1NCC1CCCC(O)C1. The number of rotatable bonds is 6. The Morgan fingerprint density at radius 3 is 2.85 bits per heavy atom. The maximum atomic E-state index is 9.72. The van der Waals surface area contributed by atoms with Gasteiger partial charge in [0.1, 0.15) is 18.0 Å². The van der Waals surface area contributed by atoms with Crippen LogP contribution in [0, 0.1) is 5.92 Å². The Hall–Kier alpha value is -1.40. The Labute approximate surface area is 120 Å². The molecular weight excluding hydrogens is 254 g/mol. The highest BCUT2D eigenvalue weighted by Crippen LogP contribution is 2.26. The predicted molar refractivity (Wildman–Crippen MR) is 80.3 cm³/mol. The highest BCUT2D eigenvalue weighted by molar-refractivity contribution is 5.56. The van der Waals surface area contributed by atoms with E-state index in [1.54, 1.807) is 0 Å². The molecule has 0 radical (unpaired) electrons. The molecule has 0 aliphatic heterocycles. The Balaban J connectivity index is 2.01. The van der Waals surface area contributed by atoms with Gasteiger partial charge in [0.15, 0.2) is 0 Å². The fourth-order valence-electron chi connectivity index (χ4n) is 2.86. The second-order valence-electron chi connectivity index (χ2n) is 5.51. The van der Waals surface area contributed by atoms with Gasteiger partial charge in [0.25, 0.3) is 0 Å². The monoisotopic (exact) mass is 279 g/mol. The molecule has 0 spiro atoms. The van der Waals surface area contributed by atoms with E-state index in [4.69, 9.17) is 5.84 Å². The van der Waals surface area contributed by atoms with E-state index < -0.39 is 0 Å². The molecule has 1 aromatic heterocycles. The molecule has 0 saturated heterocycles. The summed E-state index contributed by atoms with van der Waals surface area (Å²) in [5.74, 6) is 7.56. The van der Waals surface area contributed by atoms with Crippen molar-refractivity contribution in [2.75, 3.05) is 17.3 Å². The average Bonchev–Trinajstić information content (AvgIpc) is 2.46. The summed E-state index contributed by atoms with van der Waals surface area (Å²) in [5, 5.41) is 13.1. The van der Waals surface area contributed by atoms with Crippen LogP contribution in [-0.2, 0) is 6.42 Å². The van der Waals surface area contributed by atoms with Gasteiger partial charge in [0, 0.05) is 12.1 Å². The van der Waals surface area contributed by atoms with Crippen molar-refractivity contribution >= 4 is 11.6 Å². The minimum atomic E-state index is -0.141. The fourth-order valence-corrected chi connectivity index (χ4v) is 2.86. The molecule has 112 valence electrons. The van der Waals surface area contributed by atoms with Gasteiger partial charge in [-0.15, -0.1) is 0 Å². The van der Waals surface area contributed by atoms with Crippen LogP contribution < -0.4 is 16.6 Å². The quantitative estimate of drug-likeness (QED) is 0.467. The van der Waals surface area contributed by atoms with Gasteiger partial charge >= 0.3 is 0 Å². The lowest BCUT2D eigenvalue weighted by atomic mass is 9.87. The Bertz CT molecular complexity index is 426. The van der Waals surface area contributed by atoms with E-state index in [1.165, 1.54) is 12.7 Å². The standard InChI is InChI=1S/C14H25N5O/c1-2-4-12-13(17-9-18-14(12)19-15)16-8-10-5-3-6-11(20)7-10/h9-11,20H,2-8,15H2,1H3,(H2,16,17,18,19). The van der Waals surface area contributed by atoms with E-state index in [0.717, 1.165) is 50.0 Å². The first-order valence-corrected chi connectivity index (χ1v) is 7.47. The average molecular weight is 279 g/mol. The van der Waals surface area contributed by atoms with Gasteiger partial charge in [0.05, 0.1) is 6.10 Å². The fraction of sp³-hybridized carbons (Fsp3) is 0.714. The normalized spacial score (nSPS) is 22.6. The Kier molecular flexibility index (Phi) is 5.55. The van der Waals surface area contributed by atoms with Crippen LogP contribution in [0.1, 0.15) is 44.6 Å². The van der Waals surface area contributed by atoms with E-state index in [2.05, 4.69) is 27.6 Å². The first-order valence-electron chi connectivity index (χ1n) is 7.47. The summed E-state index contributed by atoms with van der Waals surface area (Å²) in [6.07, 6.45) is 7.36. The number of nitrogens with zero attached hydrogens (tertiary/aromatic N) is 2. The minimum Gasteiger partial charge on any atom is -0.393 e. The Morgan fingerprint density at radius 2 is 2.15 bits per heavy atom. The summed E-state index contributed by atoms with van der Waals surface area (Å²) >= 11 is 0. The number of hydrogen-bond acceptors (Lipinski definition) is 6. The summed E-state index contributed by atoms with van der Waals surface area (Å²) < 4.78 is 0. The smallest absolute Gasteiger partial charge is 0.148 e. The van der Waals surface area contributed by atoms with Crippen molar-refractivity contribution in [3.63, 3.8) is 0 Å². The molecule has 6 heteroatoms. The van der Waals surface area contributed by atoms with Crippen LogP contribution in [0.5, 0.6) is 0 Å². The van der Waals surface area contributed by atoms with E-state index in [9.17, 15) is 5.11 Å². The topological polar surface area (TPSA) is 96.1 Å². The number of nitrogen functional groups attached to an aromatic ring is 1. The lowest BCUT2D eigenvalue weighted by Gasteiger charge is -2.26. The number of hydrazine groups is 1. The summed E-state index contributed by atoms with van der Waals surface area (Å²) in [6, 6.07) is 0. The molecule has 6 nitrogen and oxygen atoms in total. The zero-order valence-electron chi connectivity index (χ0n) is 12.1. The van der Waals surface area contributed by atoms with Gasteiger partial charge in [-0.25, -0.2) is 15.8 Å². The maximum Gasteiger partial charge on any atom is 0.148 e. The van der Waals surface area contributed by atoms with Gasteiger partial charge in [-0.05, 0) is 31.6 Å². The summed E-state index contributed by atoms with van der Waals surface area (Å²) in [4.78, 5) is 8.49. The molecule has 1 aliphatic rings. The highest BCUT2D eigenvalue weighted by atomic mass is 16.3. The number of aliphatic hydroxyl groups excluding tert-OH is 1. The third kappa shape index (κ3) is 3.80. The molecule has 20 heavy (non-hydrogen) atoms. The van der Waals surface area contributed by atoms with Crippen molar-refractivity contribution < 1.29 is 5.11 Å². The molecule has 5 N–H and O–H groups in total. The summed E-state index contributed by atoms with van der Waals surface area (Å²) in [5.41, 5.74) is 3.67. The number of aliphatic hydroxyl groups is 1. The maximum absolute atomic E-state index is 9.72. The van der Waals surface area contributed by atoms with Crippen molar-refractivity contribution in [1.29, 1.82) is 0 Å². The zero-order valence-corrected chi connectivity index (χ0v) is 12.1. The second-order valence-corrected chi connectivity index (χ2v) is 5.51. The van der Waals surface area contributed by atoms with Gasteiger partial charge in [-0.1, -0.05) is 19.8 Å². The van der Waals surface area contributed by atoms with Gasteiger partial charge in [-0.3, -0.25) is 0 Å². The minimum absolute atomic E-state index is 0.141. The number of aromatic nitrogens is 2. The van der Waals surface area contributed by atoms with Gasteiger partial charge in [-0.2, -0.15) is 0 Å². The summed E-state index contributed by atoms with van der Waals surface area (Å²) in [6.45, 7) is 2.96. The van der Waals surface area contributed by atoms with E-state index in [0.29, 0.717) is 11.7 Å². The summed E-state index contributed by atoms with van der Waals surface area (Å²) in [7, 11) is 0. The molecule has 1 fully saturated rings. The van der Waals surface area contributed by atoms with Crippen molar-refractivity contribution in [1.82, 2.24) is 9.97 Å². The largest absolute Gasteiger partial charge is 0.393 e. The third-order valence-electron chi connectivity index (χ3n) is 3.90. The van der Waals surface area contributed by atoms with E-state index in [-0.39, 0.29) is 6.10 Å². The molecule has 1 aliphatic carbocycles. The van der Waals surface area contributed by atoms with Crippen LogP contribution in [0.15, 0.2) is 6.33 Å². The van der Waals surface area contributed by atoms with Crippen LogP contribution in [-0.4, -0.2) is 27.7 Å². The first kappa shape index (κ1) is 15.0. The van der Waals surface area contributed by atoms with Crippen LogP contribution in [0.2, 0.25) is 0 Å². The van der Waals surface area contributed by atoms with Crippen LogP contribution in [0.25, 0.3) is 0 Å². The van der Waals surface area contributed by atoms with Crippen LogP contribution in [0.4, 0.5) is 11.6 Å². The Morgan fingerprint density at radius 1 is 1.35 bits per heavy atom. The van der Waals surface area contributed by atoms with Gasteiger partial charge in [0.2, 0.25) is 0 Å². The van der Waals surface area contributed by atoms with Crippen molar-refractivity contribution in [3.8, 4) is 0 Å². The van der Waals surface area contributed by atoms with Gasteiger partial charge < -0.3 is 15.8 Å². The lowest BCUT2D eigenvalue weighted by molar-refractivity contribution is 0.104. The van der Waals surface area contributed by atoms with Crippen molar-refractivity contribution in [2.24, 2.45) is 11.8 Å². The van der Waals surface area contributed by atoms with Crippen molar-refractivity contribution in [2.45, 2.75) is 51.6 Å². The van der Waals surface area contributed by atoms with Crippen LogP contribution in [0.3, 0.4) is 0 Å². The number of nitrogens with one attached hydrogen (secondary N) is 2. The molecule has 2 atom stereocenters. The second kappa shape index (κ2) is 7.40. The molecule has 2 rings (SSSR count). The zero-order chi connectivity index (χ0) is 14.4. The third-order valence-corrected chi connectivity index (χ3v) is 3.90. The molecule has 1 aromatic rings. The molecular formula is C14H25N5O. The van der Waals surface area contributed by atoms with Crippen LogP contribution >= 0.6 is 0 Å². The lowest BCUT2D eigenvalue weighted by Crippen LogP contribution is -2.25.